The monoisotopic (exact) mass is 322 g/mol. The highest BCUT2D eigenvalue weighted by molar-refractivity contribution is 7.89. The minimum Gasteiger partial charge on any atom is -0.326 e. The third-order valence-electron chi connectivity index (χ3n) is 2.93. The fourth-order valence-electron chi connectivity index (χ4n) is 1.76. The summed E-state index contributed by atoms with van der Waals surface area (Å²) in [5, 5.41) is -0.130. The molecule has 0 aliphatic carbocycles. The molecule has 0 aliphatic heterocycles. The third kappa shape index (κ3) is 4.70. The number of sulfonamides is 1. The van der Waals surface area contributed by atoms with E-state index >= 15 is 0 Å². The molecule has 1 aromatic carbocycles. The maximum atomic E-state index is 13.6. The maximum Gasteiger partial charge on any atom is 0.240 e. The number of halogens is 2. The van der Waals surface area contributed by atoms with Crippen molar-refractivity contribution in [1.82, 2.24) is 4.72 Å². The number of benzene rings is 1. The van der Waals surface area contributed by atoms with Gasteiger partial charge in [-0.2, -0.15) is 0 Å². The van der Waals surface area contributed by atoms with Crippen LogP contribution in [0, 0.1) is 5.82 Å². The first kappa shape index (κ1) is 17.4. The van der Waals surface area contributed by atoms with Crippen LogP contribution in [0.15, 0.2) is 17.0 Å². The van der Waals surface area contributed by atoms with E-state index in [9.17, 15) is 12.8 Å². The standard InChI is InChI=1S/C13H20ClFN2O2S/c1-2-3-4-5-6-17-20(18,19)11-7-10(9-16)13(14)12(15)8-11/h7-8,17H,2-6,9,16H2,1H3. The number of nitrogens with one attached hydrogen (secondary N) is 1. The minimum atomic E-state index is -3.72. The smallest absolute Gasteiger partial charge is 0.240 e. The molecule has 0 aliphatic rings. The zero-order chi connectivity index (χ0) is 15.2. The number of rotatable bonds is 8. The molecule has 0 heterocycles. The van der Waals surface area contributed by atoms with Gasteiger partial charge in [-0.25, -0.2) is 17.5 Å². The second-order valence-corrected chi connectivity index (χ2v) is 6.69. The zero-order valence-electron chi connectivity index (χ0n) is 11.5. The molecule has 4 nitrogen and oxygen atoms in total. The van der Waals surface area contributed by atoms with E-state index in [4.69, 9.17) is 17.3 Å². The zero-order valence-corrected chi connectivity index (χ0v) is 13.0. The van der Waals surface area contributed by atoms with Crippen LogP contribution in [-0.2, 0) is 16.6 Å². The molecule has 7 heteroatoms. The molecular weight excluding hydrogens is 303 g/mol. The first-order chi connectivity index (χ1) is 9.42. The average molecular weight is 323 g/mol. The van der Waals surface area contributed by atoms with Gasteiger partial charge < -0.3 is 5.73 Å². The topological polar surface area (TPSA) is 72.2 Å². The van der Waals surface area contributed by atoms with Crippen LogP contribution in [0.4, 0.5) is 4.39 Å². The molecule has 0 atom stereocenters. The van der Waals surface area contributed by atoms with Crippen molar-refractivity contribution in [1.29, 1.82) is 0 Å². The van der Waals surface area contributed by atoms with E-state index in [1.165, 1.54) is 6.07 Å². The van der Waals surface area contributed by atoms with Crippen LogP contribution < -0.4 is 10.5 Å². The fraction of sp³-hybridized carbons (Fsp3) is 0.538. The summed E-state index contributed by atoms with van der Waals surface area (Å²) in [5.74, 6) is -0.777. The largest absolute Gasteiger partial charge is 0.326 e. The number of nitrogens with two attached hydrogens (primary N) is 1. The summed E-state index contributed by atoms with van der Waals surface area (Å²) < 4.78 is 40.1. The van der Waals surface area contributed by atoms with Crippen LogP contribution in [0.2, 0.25) is 5.02 Å². The summed E-state index contributed by atoms with van der Waals surface area (Å²) in [6.45, 7) is 2.40. The number of hydrogen-bond acceptors (Lipinski definition) is 3. The van der Waals surface area contributed by atoms with Gasteiger partial charge in [0.2, 0.25) is 10.0 Å². The molecule has 20 heavy (non-hydrogen) atoms. The molecule has 0 fully saturated rings. The molecule has 0 radical (unpaired) electrons. The van der Waals surface area contributed by atoms with Gasteiger partial charge in [-0.15, -0.1) is 0 Å². The molecule has 0 unspecified atom stereocenters. The van der Waals surface area contributed by atoms with Gasteiger partial charge in [0, 0.05) is 13.1 Å². The van der Waals surface area contributed by atoms with Gasteiger partial charge in [0.25, 0.3) is 0 Å². The van der Waals surface area contributed by atoms with Gasteiger partial charge in [-0.05, 0) is 24.1 Å². The van der Waals surface area contributed by atoms with Crippen LogP contribution in [-0.4, -0.2) is 15.0 Å². The lowest BCUT2D eigenvalue weighted by molar-refractivity contribution is 0.570. The Morgan fingerprint density at radius 3 is 2.60 bits per heavy atom. The van der Waals surface area contributed by atoms with Gasteiger partial charge >= 0.3 is 0 Å². The second-order valence-electron chi connectivity index (χ2n) is 4.54. The average Bonchev–Trinajstić information content (AvgIpc) is 2.41. The Hall–Kier alpha value is -0.690. The highest BCUT2D eigenvalue weighted by atomic mass is 35.5. The predicted molar refractivity (Wildman–Crippen MR) is 78.6 cm³/mol. The SMILES string of the molecule is CCCCCCNS(=O)(=O)c1cc(F)c(Cl)c(CN)c1. The van der Waals surface area contributed by atoms with E-state index in [2.05, 4.69) is 11.6 Å². The molecule has 0 bridgehead atoms. The lowest BCUT2D eigenvalue weighted by Crippen LogP contribution is -2.25. The first-order valence-electron chi connectivity index (χ1n) is 6.60. The summed E-state index contributed by atoms with van der Waals surface area (Å²) in [4.78, 5) is -0.143. The van der Waals surface area contributed by atoms with Gasteiger partial charge in [0.05, 0.1) is 9.92 Å². The lowest BCUT2D eigenvalue weighted by atomic mass is 10.2. The van der Waals surface area contributed by atoms with Gasteiger partial charge in [-0.3, -0.25) is 0 Å². The Balaban J connectivity index is 2.80. The minimum absolute atomic E-state index is 0.0182. The predicted octanol–water partition coefficient (Wildman–Crippen LogP) is 2.80. The molecule has 1 aromatic rings. The van der Waals surface area contributed by atoms with Crippen molar-refractivity contribution in [3.05, 3.63) is 28.5 Å². The quantitative estimate of drug-likeness (QED) is 0.723. The highest BCUT2D eigenvalue weighted by Crippen LogP contribution is 2.24. The summed E-state index contributed by atoms with van der Waals surface area (Å²) in [7, 11) is -3.72. The molecule has 3 N–H and O–H groups in total. The van der Waals surface area contributed by atoms with Crippen molar-refractivity contribution < 1.29 is 12.8 Å². The Kier molecular flexibility index (Phi) is 6.88. The third-order valence-corrected chi connectivity index (χ3v) is 4.79. The molecule has 0 amide bonds. The summed E-state index contributed by atoms with van der Waals surface area (Å²) in [6.07, 6.45) is 3.86. The van der Waals surface area contributed by atoms with Crippen LogP contribution >= 0.6 is 11.6 Å². The van der Waals surface area contributed by atoms with E-state index in [1.807, 2.05) is 0 Å². The second kappa shape index (κ2) is 7.93. The molecular formula is C13H20ClFN2O2S. The van der Waals surface area contributed by atoms with Crippen LogP contribution in [0.25, 0.3) is 0 Å². The van der Waals surface area contributed by atoms with Gasteiger partial charge in [-0.1, -0.05) is 37.8 Å². The van der Waals surface area contributed by atoms with E-state index in [0.717, 1.165) is 31.7 Å². The molecule has 0 saturated carbocycles. The van der Waals surface area contributed by atoms with Gasteiger partial charge in [0.15, 0.2) is 0 Å². The summed E-state index contributed by atoms with van der Waals surface area (Å²) >= 11 is 5.71. The van der Waals surface area contributed by atoms with Crippen molar-refractivity contribution in [3.8, 4) is 0 Å². The Labute approximate surface area is 124 Å². The molecule has 1 rings (SSSR count). The van der Waals surface area contributed by atoms with Gasteiger partial charge in [0.1, 0.15) is 5.82 Å². The van der Waals surface area contributed by atoms with Crippen LogP contribution in [0.5, 0.6) is 0 Å². The number of hydrogen-bond donors (Lipinski definition) is 2. The van der Waals surface area contributed by atoms with E-state index in [1.54, 1.807) is 0 Å². The summed E-state index contributed by atoms with van der Waals surface area (Å²) in [6, 6.07) is 2.22. The summed E-state index contributed by atoms with van der Waals surface area (Å²) in [5.41, 5.74) is 5.70. The van der Waals surface area contributed by atoms with Crippen molar-refractivity contribution in [2.45, 2.75) is 44.0 Å². The Morgan fingerprint density at radius 1 is 1.30 bits per heavy atom. The van der Waals surface area contributed by atoms with Crippen molar-refractivity contribution in [2.75, 3.05) is 6.54 Å². The van der Waals surface area contributed by atoms with Crippen molar-refractivity contribution >= 4 is 21.6 Å². The highest BCUT2D eigenvalue weighted by Gasteiger charge is 2.18. The molecule has 114 valence electrons. The van der Waals surface area contributed by atoms with E-state index in [0.29, 0.717) is 6.54 Å². The Morgan fingerprint density at radius 2 is 2.00 bits per heavy atom. The van der Waals surface area contributed by atoms with E-state index < -0.39 is 15.8 Å². The lowest BCUT2D eigenvalue weighted by Gasteiger charge is -2.09. The fourth-order valence-corrected chi connectivity index (χ4v) is 3.09. The Bertz CT molecular complexity index is 550. The first-order valence-corrected chi connectivity index (χ1v) is 8.46. The number of unbranched alkanes of at least 4 members (excludes halogenated alkanes) is 3. The molecule has 0 spiro atoms. The molecule has 0 aromatic heterocycles. The maximum absolute atomic E-state index is 13.6. The van der Waals surface area contributed by atoms with Crippen molar-refractivity contribution in [2.24, 2.45) is 5.73 Å². The van der Waals surface area contributed by atoms with Crippen LogP contribution in [0.1, 0.15) is 38.2 Å². The van der Waals surface area contributed by atoms with Crippen molar-refractivity contribution in [3.63, 3.8) is 0 Å². The van der Waals surface area contributed by atoms with Crippen LogP contribution in [0.3, 0.4) is 0 Å². The molecule has 0 saturated heterocycles. The normalized spacial score (nSPS) is 11.8. The van der Waals surface area contributed by atoms with E-state index in [-0.39, 0.29) is 22.0 Å².